The van der Waals surface area contributed by atoms with E-state index < -0.39 is 10.0 Å². The van der Waals surface area contributed by atoms with Crippen LogP contribution in [0.3, 0.4) is 0 Å². The van der Waals surface area contributed by atoms with Gasteiger partial charge in [0.2, 0.25) is 10.0 Å². The number of halogens is 1. The molecule has 0 aliphatic rings. The first-order chi connectivity index (χ1) is 8.91. The van der Waals surface area contributed by atoms with Gasteiger partial charge in [-0.1, -0.05) is 17.7 Å². The fourth-order valence-corrected chi connectivity index (χ4v) is 4.14. The van der Waals surface area contributed by atoms with Gasteiger partial charge in [0.1, 0.15) is 0 Å². The van der Waals surface area contributed by atoms with E-state index in [0.717, 1.165) is 10.4 Å². The van der Waals surface area contributed by atoms with Gasteiger partial charge >= 0.3 is 0 Å². The zero-order valence-electron chi connectivity index (χ0n) is 10.6. The summed E-state index contributed by atoms with van der Waals surface area (Å²) >= 11 is 7.40. The van der Waals surface area contributed by atoms with E-state index in [0.29, 0.717) is 11.6 Å². The third-order valence-electron chi connectivity index (χ3n) is 2.84. The van der Waals surface area contributed by atoms with E-state index >= 15 is 0 Å². The third-order valence-corrected chi connectivity index (χ3v) is 5.88. The first-order valence-corrected chi connectivity index (χ1v) is 8.36. The summed E-state index contributed by atoms with van der Waals surface area (Å²) in [5.41, 5.74) is 1.11. The number of benzene rings is 1. The van der Waals surface area contributed by atoms with E-state index in [4.69, 9.17) is 11.6 Å². The monoisotopic (exact) mass is 315 g/mol. The molecule has 0 N–H and O–H groups in total. The van der Waals surface area contributed by atoms with Gasteiger partial charge in [0.25, 0.3) is 0 Å². The van der Waals surface area contributed by atoms with Crippen molar-refractivity contribution in [3.05, 3.63) is 51.2 Å². The topological polar surface area (TPSA) is 37.4 Å². The molecule has 0 atom stereocenters. The molecule has 0 amide bonds. The predicted molar refractivity (Wildman–Crippen MR) is 79.2 cm³/mol. The molecule has 0 saturated heterocycles. The zero-order valence-corrected chi connectivity index (χ0v) is 13.0. The van der Waals surface area contributed by atoms with E-state index in [1.807, 2.05) is 18.4 Å². The molecule has 0 fully saturated rings. The first kappa shape index (κ1) is 14.5. The fraction of sp³-hybridized carbons (Fsp3) is 0.231. The Morgan fingerprint density at radius 1 is 1.32 bits per heavy atom. The average Bonchev–Trinajstić information content (AvgIpc) is 2.75. The molecule has 0 bridgehead atoms. The van der Waals surface area contributed by atoms with Gasteiger partial charge in [0, 0.05) is 23.5 Å². The second-order valence-electron chi connectivity index (χ2n) is 4.25. The quantitative estimate of drug-likeness (QED) is 0.865. The maximum absolute atomic E-state index is 12.4. The van der Waals surface area contributed by atoms with Crippen LogP contribution in [0.4, 0.5) is 0 Å². The van der Waals surface area contributed by atoms with Crippen molar-refractivity contribution >= 4 is 33.0 Å². The Morgan fingerprint density at radius 3 is 2.63 bits per heavy atom. The molecular weight excluding hydrogens is 302 g/mol. The van der Waals surface area contributed by atoms with Crippen LogP contribution in [0.1, 0.15) is 10.4 Å². The standard InChI is InChI=1S/C13H14ClNO2S2/c1-10-6-7-18-13(10)9-15(2)19(16,17)12-5-3-4-11(14)8-12/h3-8H,9H2,1-2H3. The van der Waals surface area contributed by atoms with Gasteiger partial charge in [-0.2, -0.15) is 4.31 Å². The van der Waals surface area contributed by atoms with Gasteiger partial charge in [0.15, 0.2) is 0 Å². The van der Waals surface area contributed by atoms with E-state index in [1.54, 1.807) is 36.6 Å². The molecule has 0 spiro atoms. The van der Waals surface area contributed by atoms with Crippen molar-refractivity contribution in [2.45, 2.75) is 18.4 Å². The van der Waals surface area contributed by atoms with Crippen molar-refractivity contribution in [2.75, 3.05) is 7.05 Å². The molecule has 6 heteroatoms. The molecule has 3 nitrogen and oxygen atoms in total. The molecule has 19 heavy (non-hydrogen) atoms. The Balaban J connectivity index is 2.27. The summed E-state index contributed by atoms with van der Waals surface area (Å²) in [6.45, 7) is 2.35. The van der Waals surface area contributed by atoms with Crippen molar-refractivity contribution < 1.29 is 8.42 Å². The Bertz CT molecular complexity index is 679. The molecule has 0 unspecified atom stereocenters. The summed E-state index contributed by atoms with van der Waals surface area (Å²) in [6.07, 6.45) is 0. The lowest BCUT2D eigenvalue weighted by atomic mass is 10.3. The minimum Gasteiger partial charge on any atom is -0.207 e. The van der Waals surface area contributed by atoms with Crippen LogP contribution >= 0.6 is 22.9 Å². The van der Waals surface area contributed by atoms with Gasteiger partial charge in [-0.15, -0.1) is 11.3 Å². The van der Waals surface area contributed by atoms with Crippen molar-refractivity contribution in [3.63, 3.8) is 0 Å². The SMILES string of the molecule is Cc1ccsc1CN(C)S(=O)(=O)c1cccc(Cl)c1. The third kappa shape index (κ3) is 3.17. The molecule has 0 aliphatic carbocycles. The largest absolute Gasteiger partial charge is 0.243 e. The summed E-state index contributed by atoms with van der Waals surface area (Å²) in [5, 5.41) is 2.38. The van der Waals surface area contributed by atoms with Gasteiger partial charge in [-0.3, -0.25) is 0 Å². The summed E-state index contributed by atoms with van der Waals surface area (Å²) in [7, 11) is -1.92. The van der Waals surface area contributed by atoms with Crippen molar-refractivity contribution in [3.8, 4) is 0 Å². The highest BCUT2D eigenvalue weighted by molar-refractivity contribution is 7.89. The van der Waals surface area contributed by atoms with Crippen molar-refractivity contribution in [1.82, 2.24) is 4.31 Å². The second kappa shape index (κ2) is 5.63. The van der Waals surface area contributed by atoms with Crippen LogP contribution in [0.25, 0.3) is 0 Å². The Morgan fingerprint density at radius 2 is 2.05 bits per heavy atom. The van der Waals surface area contributed by atoms with Crippen LogP contribution < -0.4 is 0 Å². The number of sulfonamides is 1. The Kier molecular flexibility index (Phi) is 4.30. The smallest absolute Gasteiger partial charge is 0.207 e. The minimum absolute atomic E-state index is 0.219. The normalized spacial score (nSPS) is 12.0. The number of hydrogen-bond acceptors (Lipinski definition) is 3. The summed E-state index contributed by atoms with van der Waals surface area (Å²) < 4.78 is 26.1. The number of nitrogens with zero attached hydrogens (tertiary/aromatic N) is 1. The zero-order chi connectivity index (χ0) is 14.0. The predicted octanol–water partition coefficient (Wildman–Crippen LogP) is 3.53. The summed E-state index contributed by atoms with van der Waals surface area (Å²) in [6, 6.07) is 8.30. The van der Waals surface area contributed by atoms with Gasteiger partial charge < -0.3 is 0 Å². The molecule has 102 valence electrons. The first-order valence-electron chi connectivity index (χ1n) is 5.66. The fourth-order valence-electron chi connectivity index (χ4n) is 1.66. The lowest BCUT2D eigenvalue weighted by Crippen LogP contribution is -2.26. The molecule has 2 rings (SSSR count). The van der Waals surface area contributed by atoms with Crippen LogP contribution in [-0.2, 0) is 16.6 Å². The highest BCUT2D eigenvalue weighted by Crippen LogP contribution is 2.23. The molecule has 2 aromatic rings. The van der Waals surface area contributed by atoms with E-state index in [1.165, 1.54) is 10.4 Å². The van der Waals surface area contributed by atoms with Gasteiger partial charge in [0.05, 0.1) is 4.90 Å². The van der Waals surface area contributed by atoms with Crippen LogP contribution in [0, 0.1) is 6.92 Å². The van der Waals surface area contributed by atoms with E-state index in [2.05, 4.69) is 0 Å². The molecule has 1 heterocycles. The Hall–Kier alpha value is -0.880. The molecule has 0 aliphatic heterocycles. The van der Waals surface area contributed by atoms with E-state index in [-0.39, 0.29) is 4.90 Å². The molecule has 1 aromatic heterocycles. The number of hydrogen-bond donors (Lipinski definition) is 0. The maximum atomic E-state index is 12.4. The van der Waals surface area contributed by atoms with Crippen LogP contribution in [0.15, 0.2) is 40.6 Å². The van der Waals surface area contributed by atoms with Crippen molar-refractivity contribution in [2.24, 2.45) is 0 Å². The van der Waals surface area contributed by atoms with Crippen molar-refractivity contribution in [1.29, 1.82) is 0 Å². The molecule has 1 aromatic carbocycles. The number of aryl methyl sites for hydroxylation is 1. The second-order valence-corrected chi connectivity index (χ2v) is 7.73. The van der Waals surface area contributed by atoms with Crippen LogP contribution in [-0.4, -0.2) is 19.8 Å². The van der Waals surface area contributed by atoms with Gasteiger partial charge in [-0.25, -0.2) is 8.42 Å². The lowest BCUT2D eigenvalue weighted by Gasteiger charge is -2.17. The lowest BCUT2D eigenvalue weighted by molar-refractivity contribution is 0.469. The molecule has 0 radical (unpaired) electrons. The Labute approximate surface area is 122 Å². The van der Waals surface area contributed by atoms with Gasteiger partial charge in [-0.05, 0) is 42.1 Å². The number of rotatable bonds is 4. The van der Waals surface area contributed by atoms with Crippen LogP contribution in [0.2, 0.25) is 5.02 Å². The summed E-state index contributed by atoms with van der Waals surface area (Å²) in [5.74, 6) is 0. The minimum atomic E-state index is -3.50. The van der Waals surface area contributed by atoms with E-state index in [9.17, 15) is 8.42 Å². The molecular formula is C13H14ClNO2S2. The highest BCUT2D eigenvalue weighted by Gasteiger charge is 2.21. The highest BCUT2D eigenvalue weighted by atomic mass is 35.5. The molecule has 0 saturated carbocycles. The summed E-state index contributed by atoms with van der Waals surface area (Å²) in [4.78, 5) is 1.27. The number of thiophene rings is 1. The average molecular weight is 316 g/mol. The maximum Gasteiger partial charge on any atom is 0.243 e. The van der Waals surface area contributed by atoms with Crippen LogP contribution in [0.5, 0.6) is 0 Å².